The maximum Gasteiger partial charge on any atom is 0.332 e. The van der Waals surface area contributed by atoms with Crippen LogP contribution in [0.4, 0.5) is 0 Å². The third-order valence-electron chi connectivity index (χ3n) is 3.41. The van der Waals surface area contributed by atoms with E-state index in [1.807, 2.05) is 31.2 Å². The van der Waals surface area contributed by atoms with Crippen molar-refractivity contribution in [3.63, 3.8) is 0 Å². The second-order valence-corrected chi connectivity index (χ2v) is 5.36. The zero-order valence-electron chi connectivity index (χ0n) is 14.2. The number of rotatable bonds is 8. The molecular weight excluding hydrogens is 320 g/mol. The van der Waals surface area contributed by atoms with Gasteiger partial charge >= 0.3 is 5.97 Å². The molecule has 0 aliphatic heterocycles. The summed E-state index contributed by atoms with van der Waals surface area (Å²) in [5.41, 5.74) is 2.32. The Kier molecular flexibility index (Phi) is 6.48. The second-order valence-electron chi connectivity index (χ2n) is 5.36. The molecule has 0 fully saturated rings. The van der Waals surface area contributed by atoms with Crippen molar-refractivity contribution in [2.45, 2.75) is 20.1 Å². The molecule has 0 amide bonds. The molecule has 0 saturated carbocycles. The third-order valence-corrected chi connectivity index (χ3v) is 3.41. The monoisotopic (exact) mass is 340 g/mol. The van der Waals surface area contributed by atoms with Crippen LogP contribution in [0.5, 0.6) is 5.75 Å². The van der Waals surface area contributed by atoms with E-state index in [0.29, 0.717) is 16.9 Å². The predicted molar refractivity (Wildman–Crippen MR) is 93.4 cm³/mol. The highest BCUT2D eigenvalue weighted by atomic mass is 16.8. The highest BCUT2D eigenvalue weighted by Crippen LogP contribution is 2.16. The summed E-state index contributed by atoms with van der Waals surface area (Å²) in [6.45, 7) is 6.77. The van der Waals surface area contributed by atoms with E-state index >= 15 is 0 Å². The normalized spacial score (nSPS) is 11.4. The molecule has 1 unspecified atom stereocenters. The van der Waals surface area contributed by atoms with Gasteiger partial charge in [0.2, 0.25) is 6.29 Å². The first-order chi connectivity index (χ1) is 12.0. The summed E-state index contributed by atoms with van der Waals surface area (Å²) in [5.74, 6) is -0.0677. The maximum atomic E-state index is 12.4. The van der Waals surface area contributed by atoms with Gasteiger partial charge in [-0.2, -0.15) is 0 Å². The first-order valence-corrected chi connectivity index (χ1v) is 7.78. The lowest BCUT2D eigenvalue weighted by molar-refractivity contribution is -0.181. The minimum Gasteiger partial charge on any atom is -0.467 e. The zero-order chi connectivity index (χ0) is 18.2. The lowest BCUT2D eigenvalue weighted by atomic mass is 10.0. The molecule has 0 N–H and O–H groups in total. The lowest BCUT2D eigenvalue weighted by Gasteiger charge is -2.13. The summed E-state index contributed by atoms with van der Waals surface area (Å²) in [6.07, 6.45) is 0.317. The average Bonchev–Trinajstić information content (AvgIpc) is 2.62. The zero-order valence-corrected chi connectivity index (χ0v) is 14.2. The Morgan fingerprint density at radius 3 is 2.16 bits per heavy atom. The number of aryl methyl sites for hydroxylation is 1. The van der Waals surface area contributed by atoms with Gasteiger partial charge in [0.25, 0.3) is 0 Å². The van der Waals surface area contributed by atoms with Crippen molar-refractivity contribution in [3.8, 4) is 5.75 Å². The van der Waals surface area contributed by atoms with E-state index in [0.717, 1.165) is 11.6 Å². The highest BCUT2D eigenvalue weighted by molar-refractivity contribution is 6.09. The lowest BCUT2D eigenvalue weighted by Crippen LogP contribution is -2.19. The van der Waals surface area contributed by atoms with Gasteiger partial charge in [0.05, 0.1) is 0 Å². The largest absolute Gasteiger partial charge is 0.467 e. The van der Waals surface area contributed by atoms with Crippen LogP contribution in [0.15, 0.2) is 61.2 Å². The summed E-state index contributed by atoms with van der Waals surface area (Å²) in [5, 5.41) is 0. The molecule has 2 rings (SSSR count). The van der Waals surface area contributed by atoms with Crippen molar-refractivity contribution in [3.05, 3.63) is 77.9 Å². The maximum absolute atomic E-state index is 12.4. The number of ketones is 1. The van der Waals surface area contributed by atoms with E-state index < -0.39 is 12.3 Å². The fourth-order valence-electron chi connectivity index (χ4n) is 2.02. The van der Waals surface area contributed by atoms with E-state index in [-0.39, 0.29) is 12.6 Å². The summed E-state index contributed by atoms with van der Waals surface area (Å²) in [4.78, 5) is 23.4. The summed E-state index contributed by atoms with van der Waals surface area (Å²) in [7, 11) is 0. The molecule has 0 saturated heterocycles. The molecule has 0 spiro atoms. The number of hydrogen-bond donors (Lipinski definition) is 0. The minimum absolute atomic E-state index is 0.0484. The molecule has 0 aliphatic rings. The molecule has 0 aliphatic carbocycles. The second kappa shape index (κ2) is 8.80. The molecule has 130 valence electrons. The van der Waals surface area contributed by atoms with Crippen LogP contribution in [-0.2, 0) is 14.3 Å². The average molecular weight is 340 g/mol. The Bertz CT molecular complexity index is 732. The molecule has 0 bridgehead atoms. The van der Waals surface area contributed by atoms with Crippen molar-refractivity contribution in [2.75, 3.05) is 6.79 Å². The number of esters is 1. The van der Waals surface area contributed by atoms with Gasteiger partial charge in [0.1, 0.15) is 5.75 Å². The molecule has 5 nitrogen and oxygen atoms in total. The Balaban J connectivity index is 1.87. The molecular formula is C20H20O5. The molecule has 5 heteroatoms. The van der Waals surface area contributed by atoms with Crippen LogP contribution in [0.1, 0.15) is 28.4 Å². The minimum atomic E-state index is -0.743. The van der Waals surface area contributed by atoms with Crippen LogP contribution < -0.4 is 4.74 Å². The number of benzene rings is 2. The molecule has 1 atom stereocenters. The van der Waals surface area contributed by atoms with Crippen LogP contribution in [0.25, 0.3) is 0 Å². The number of carbonyl (C=O) groups excluding carboxylic acids is 2. The highest BCUT2D eigenvalue weighted by Gasteiger charge is 2.09. The van der Waals surface area contributed by atoms with Gasteiger partial charge in [-0.3, -0.25) is 4.79 Å². The van der Waals surface area contributed by atoms with Crippen molar-refractivity contribution in [1.82, 2.24) is 0 Å². The Labute approximate surface area is 146 Å². The van der Waals surface area contributed by atoms with E-state index in [1.165, 1.54) is 0 Å². The molecule has 2 aromatic carbocycles. The van der Waals surface area contributed by atoms with Crippen LogP contribution in [-0.4, -0.2) is 24.8 Å². The Morgan fingerprint density at radius 2 is 1.60 bits per heavy atom. The van der Waals surface area contributed by atoms with Crippen LogP contribution in [0.2, 0.25) is 0 Å². The summed E-state index contributed by atoms with van der Waals surface area (Å²) >= 11 is 0. The molecule has 0 aromatic heterocycles. The standard InChI is InChI=1S/C20H20O5/c1-4-19(21)25-15(3)23-13-24-18-11-9-17(10-12-18)20(22)16-7-5-14(2)6-8-16/h4-12,15H,1,13H2,2-3H3. The van der Waals surface area contributed by atoms with E-state index in [4.69, 9.17) is 14.2 Å². The van der Waals surface area contributed by atoms with E-state index in [1.54, 1.807) is 31.2 Å². The smallest absolute Gasteiger partial charge is 0.332 e. The van der Waals surface area contributed by atoms with E-state index in [9.17, 15) is 9.59 Å². The van der Waals surface area contributed by atoms with Gasteiger partial charge < -0.3 is 14.2 Å². The fraction of sp³-hybridized carbons (Fsp3) is 0.200. The Morgan fingerprint density at radius 1 is 1.04 bits per heavy atom. The fourth-order valence-corrected chi connectivity index (χ4v) is 2.02. The summed E-state index contributed by atoms with van der Waals surface area (Å²) < 4.78 is 15.4. The first-order valence-electron chi connectivity index (χ1n) is 7.78. The van der Waals surface area contributed by atoms with Crippen molar-refractivity contribution in [1.29, 1.82) is 0 Å². The van der Waals surface area contributed by atoms with Crippen molar-refractivity contribution >= 4 is 11.8 Å². The predicted octanol–water partition coefficient (Wildman–Crippen LogP) is 3.65. The van der Waals surface area contributed by atoms with Crippen molar-refractivity contribution in [2.24, 2.45) is 0 Å². The molecule has 0 heterocycles. The van der Waals surface area contributed by atoms with Crippen LogP contribution in [0, 0.1) is 6.92 Å². The van der Waals surface area contributed by atoms with Gasteiger partial charge in [-0.15, -0.1) is 0 Å². The third kappa shape index (κ3) is 5.58. The van der Waals surface area contributed by atoms with Gasteiger partial charge in [0.15, 0.2) is 12.6 Å². The molecule has 25 heavy (non-hydrogen) atoms. The summed E-state index contributed by atoms with van der Waals surface area (Å²) in [6, 6.07) is 14.2. The van der Waals surface area contributed by atoms with Crippen LogP contribution >= 0.6 is 0 Å². The Hall–Kier alpha value is -2.92. The molecule has 2 aromatic rings. The van der Waals surface area contributed by atoms with Crippen LogP contribution in [0.3, 0.4) is 0 Å². The quantitative estimate of drug-likeness (QED) is 0.318. The van der Waals surface area contributed by atoms with Gasteiger partial charge in [-0.25, -0.2) is 4.79 Å². The van der Waals surface area contributed by atoms with Gasteiger partial charge in [-0.05, 0) is 38.1 Å². The topological polar surface area (TPSA) is 61.8 Å². The molecule has 0 radical (unpaired) electrons. The SMILES string of the molecule is C=CC(=O)OC(C)OCOc1ccc(C(=O)c2ccc(C)cc2)cc1. The van der Waals surface area contributed by atoms with Crippen molar-refractivity contribution < 1.29 is 23.8 Å². The first kappa shape index (κ1) is 18.4. The number of ether oxygens (including phenoxy) is 3. The number of carbonyl (C=O) groups is 2. The van der Waals surface area contributed by atoms with Gasteiger partial charge in [0, 0.05) is 17.2 Å². The number of hydrogen-bond acceptors (Lipinski definition) is 5. The van der Waals surface area contributed by atoms with E-state index in [2.05, 4.69) is 6.58 Å². The van der Waals surface area contributed by atoms with Gasteiger partial charge in [-0.1, -0.05) is 36.4 Å².